The summed E-state index contributed by atoms with van der Waals surface area (Å²) in [6, 6.07) is 10.2. The zero-order valence-electron chi connectivity index (χ0n) is 10.1. The highest BCUT2D eigenvalue weighted by Gasteiger charge is 2.05. The second-order valence-corrected chi connectivity index (χ2v) is 4.24. The van der Waals surface area contributed by atoms with E-state index in [0.29, 0.717) is 12.6 Å². The van der Waals surface area contributed by atoms with Crippen LogP contribution in [-0.4, -0.2) is 30.8 Å². The predicted molar refractivity (Wildman–Crippen MR) is 67.4 cm³/mol. The fraction of sp³-hybridized carbons (Fsp3) is 0.538. The Balaban J connectivity index is 2.14. The fourth-order valence-electron chi connectivity index (χ4n) is 1.48. The Bertz CT molecular complexity index is 275. The van der Waals surface area contributed by atoms with Crippen LogP contribution in [0.4, 0.5) is 0 Å². The molecule has 90 valence electrons. The first-order chi connectivity index (χ1) is 7.70. The summed E-state index contributed by atoms with van der Waals surface area (Å²) in [6.45, 7) is 6.66. The van der Waals surface area contributed by atoms with Crippen molar-refractivity contribution in [1.82, 2.24) is 10.6 Å². The molecule has 0 fully saturated rings. The van der Waals surface area contributed by atoms with Gasteiger partial charge in [0.05, 0.1) is 6.10 Å². The van der Waals surface area contributed by atoms with Gasteiger partial charge in [-0.2, -0.15) is 0 Å². The molecule has 0 spiro atoms. The van der Waals surface area contributed by atoms with Crippen molar-refractivity contribution in [1.29, 1.82) is 0 Å². The summed E-state index contributed by atoms with van der Waals surface area (Å²) in [5.74, 6) is 0. The van der Waals surface area contributed by atoms with Crippen LogP contribution in [0.1, 0.15) is 25.5 Å². The lowest BCUT2D eigenvalue weighted by molar-refractivity contribution is 0.175. The lowest BCUT2D eigenvalue weighted by atomic mass is 10.1. The van der Waals surface area contributed by atoms with Crippen molar-refractivity contribution in [3.8, 4) is 0 Å². The first-order valence-corrected chi connectivity index (χ1v) is 5.87. The van der Waals surface area contributed by atoms with Gasteiger partial charge in [0.25, 0.3) is 0 Å². The minimum absolute atomic E-state index is 0.416. The highest BCUT2D eigenvalue weighted by molar-refractivity contribution is 5.17. The topological polar surface area (TPSA) is 44.3 Å². The van der Waals surface area contributed by atoms with Crippen LogP contribution in [0.15, 0.2) is 30.3 Å². The van der Waals surface area contributed by atoms with Crippen molar-refractivity contribution in [3.63, 3.8) is 0 Å². The summed E-state index contributed by atoms with van der Waals surface area (Å²) in [6.07, 6.45) is -0.416. The van der Waals surface area contributed by atoms with Crippen LogP contribution in [0.2, 0.25) is 0 Å². The quantitative estimate of drug-likeness (QED) is 0.609. The van der Waals surface area contributed by atoms with Gasteiger partial charge >= 0.3 is 0 Å². The smallest absolute Gasteiger partial charge is 0.0914 e. The molecule has 1 aromatic carbocycles. The van der Waals surface area contributed by atoms with Crippen LogP contribution in [-0.2, 0) is 0 Å². The van der Waals surface area contributed by atoms with E-state index >= 15 is 0 Å². The molecule has 1 aromatic rings. The fourth-order valence-corrected chi connectivity index (χ4v) is 1.48. The van der Waals surface area contributed by atoms with Gasteiger partial charge in [-0.3, -0.25) is 0 Å². The molecule has 1 atom stereocenters. The Morgan fingerprint density at radius 3 is 2.44 bits per heavy atom. The summed E-state index contributed by atoms with van der Waals surface area (Å²) >= 11 is 0. The molecular formula is C13H22N2O. The van der Waals surface area contributed by atoms with E-state index in [2.05, 4.69) is 24.5 Å². The molecule has 3 nitrogen and oxygen atoms in total. The number of aliphatic hydroxyl groups excluding tert-OH is 1. The highest BCUT2D eigenvalue weighted by Crippen LogP contribution is 2.09. The Labute approximate surface area is 97.9 Å². The number of hydrogen-bond acceptors (Lipinski definition) is 3. The van der Waals surface area contributed by atoms with Crippen molar-refractivity contribution < 1.29 is 5.11 Å². The molecule has 0 amide bonds. The molecule has 0 radical (unpaired) electrons. The average molecular weight is 222 g/mol. The summed E-state index contributed by atoms with van der Waals surface area (Å²) in [4.78, 5) is 0. The maximum Gasteiger partial charge on any atom is 0.0914 e. The van der Waals surface area contributed by atoms with Gasteiger partial charge in [-0.1, -0.05) is 44.2 Å². The highest BCUT2D eigenvalue weighted by atomic mass is 16.3. The largest absolute Gasteiger partial charge is 0.387 e. The van der Waals surface area contributed by atoms with Crippen molar-refractivity contribution >= 4 is 0 Å². The number of aliphatic hydroxyl groups is 1. The molecule has 0 aliphatic rings. The first kappa shape index (κ1) is 13.2. The van der Waals surface area contributed by atoms with E-state index < -0.39 is 6.10 Å². The molecule has 1 rings (SSSR count). The maximum atomic E-state index is 9.85. The van der Waals surface area contributed by atoms with Gasteiger partial charge in [-0.05, 0) is 5.56 Å². The molecule has 0 bridgehead atoms. The third kappa shape index (κ3) is 5.26. The Kier molecular flexibility index (Phi) is 6.08. The number of benzene rings is 1. The van der Waals surface area contributed by atoms with Crippen LogP contribution >= 0.6 is 0 Å². The van der Waals surface area contributed by atoms with Gasteiger partial charge in [-0.15, -0.1) is 0 Å². The molecule has 3 heteroatoms. The first-order valence-electron chi connectivity index (χ1n) is 5.87. The molecule has 0 unspecified atom stereocenters. The third-order valence-electron chi connectivity index (χ3n) is 2.38. The minimum Gasteiger partial charge on any atom is -0.387 e. The zero-order chi connectivity index (χ0) is 11.8. The van der Waals surface area contributed by atoms with E-state index in [1.807, 2.05) is 30.3 Å². The van der Waals surface area contributed by atoms with Gasteiger partial charge in [-0.25, -0.2) is 0 Å². The van der Waals surface area contributed by atoms with E-state index in [0.717, 1.165) is 18.7 Å². The van der Waals surface area contributed by atoms with Crippen LogP contribution in [0.5, 0.6) is 0 Å². The number of hydrogen-bond donors (Lipinski definition) is 3. The van der Waals surface area contributed by atoms with Gasteiger partial charge in [0, 0.05) is 25.7 Å². The van der Waals surface area contributed by atoms with Crippen LogP contribution in [0, 0.1) is 0 Å². The maximum absolute atomic E-state index is 9.85. The van der Waals surface area contributed by atoms with E-state index in [9.17, 15) is 5.11 Å². The molecule has 0 heterocycles. The van der Waals surface area contributed by atoms with E-state index in [1.54, 1.807) is 0 Å². The van der Waals surface area contributed by atoms with Crippen molar-refractivity contribution in [3.05, 3.63) is 35.9 Å². The second kappa shape index (κ2) is 7.39. The summed E-state index contributed by atoms with van der Waals surface area (Å²) in [7, 11) is 0. The van der Waals surface area contributed by atoms with Gasteiger partial charge in [0.15, 0.2) is 0 Å². The standard InChI is InChI=1S/C13H22N2O/c1-11(2)15-9-8-14-10-13(16)12-6-4-3-5-7-12/h3-7,11,13-16H,8-10H2,1-2H3/t13-/m1/s1. The van der Waals surface area contributed by atoms with Crippen LogP contribution < -0.4 is 10.6 Å². The third-order valence-corrected chi connectivity index (χ3v) is 2.38. The van der Waals surface area contributed by atoms with Gasteiger partial charge in [0.2, 0.25) is 0 Å². The van der Waals surface area contributed by atoms with Crippen LogP contribution in [0.3, 0.4) is 0 Å². The van der Waals surface area contributed by atoms with Gasteiger partial charge < -0.3 is 15.7 Å². The number of nitrogens with one attached hydrogen (secondary N) is 2. The summed E-state index contributed by atoms with van der Waals surface area (Å²) in [5.41, 5.74) is 0.965. The van der Waals surface area contributed by atoms with E-state index in [-0.39, 0.29) is 0 Å². The summed E-state index contributed by atoms with van der Waals surface area (Å²) in [5, 5.41) is 16.4. The minimum atomic E-state index is -0.416. The molecule has 0 aliphatic heterocycles. The molecule has 16 heavy (non-hydrogen) atoms. The molecule has 3 N–H and O–H groups in total. The molecule has 0 saturated heterocycles. The molecule has 0 aliphatic carbocycles. The lowest BCUT2D eigenvalue weighted by Gasteiger charge is -2.13. The van der Waals surface area contributed by atoms with Crippen molar-refractivity contribution in [2.45, 2.75) is 26.0 Å². The predicted octanol–water partition coefficient (Wildman–Crippen LogP) is 1.31. The van der Waals surface area contributed by atoms with E-state index in [1.165, 1.54) is 0 Å². The Hall–Kier alpha value is -0.900. The average Bonchev–Trinajstić information content (AvgIpc) is 2.29. The molecule has 0 aromatic heterocycles. The Morgan fingerprint density at radius 2 is 1.81 bits per heavy atom. The molecular weight excluding hydrogens is 200 g/mol. The number of rotatable bonds is 7. The monoisotopic (exact) mass is 222 g/mol. The normalized spacial score (nSPS) is 13.0. The van der Waals surface area contributed by atoms with E-state index in [4.69, 9.17) is 0 Å². The Morgan fingerprint density at radius 1 is 1.12 bits per heavy atom. The summed E-state index contributed by atoms with van der Waals surface area (Å²) < 4.78 is 0. The van der Waals surface area contributed by atoms with Crippen molar-refractivity contribution in [2.75, 3.05) is 19.6 Å². The SMILES string of the molecule is CC(C)NCCNC[C@@H](O)c1ccccc1. The van der Waals surface area contributed by atoms with Crippen molar-refractivity contribution in [2.24, 2.45) is 0 Å². The zero-order valence-corrected chi connectivity index (χ0v) is 10.1. The van der Waals surface area contributed by atoms with Gasteiger partial charge in [0.1, 0.15) is 0 Å². The molecule has 0 saturated carbocycles. The van der Waals surface area contributed by atoms with Crippen LogP contribution in [0.25, 0.3) is 0 Å². The second-order valence-electron chi connectivity index (χ2n) is 4.24. The lowest BCUT2D eigenvalue weighted by Crippen LogP contribution is -2.33.